The Kier molecular flexibility index (Phi) is 3.93. The summed E-state index contributed by atoms with van der Waals surface area (Å²) in [6.45, 7) is 1.80. The van der Waals surface area contributed by atoms with Gasteiger partial charge >= 0.3 is 0 Å². The number of hydrogen-bond acceptors (Lipinski definition) is 8. The van der Waals surface area contributed by atoms with E-state index in [0.717, 1.165) is 15.2 Å². The summed E-state index contributed by atoms with van der Waals surface area (Å²) >= 11 is 3.02. The van der Waals surface area contributed by atoms with Crippen LogP contribution in [0.5, 0.6) is 0 Å². The summed E-state index contributed by atoms with van der Waals surface area (Å²) in [7, 11) is 0. The van der Waals surface area contributed by atoms with Gasteiger partial charge in [0.05, 0.1) is 5.75 Å². The molecule has 0 fully saturated rings. The maximum Gasteiger partial charge on any atom is 0.237 e. The molecule has 3 aromatic rings. The Hall–Kier alpha value is -1.93. The topological polar surface area (TPSA) is 76.7 Å². The predicted octanol–water partition coefficient (Wildman–Crippen LogP) is 3.27. The number of aromatic nitrogens is 4. The van der Waals surface area contributed by atoms with Crippen molar-refractivity contribution in [3.63, 3.8) is 0 Å². The van der Waals surface area contributed by atoms with Crippen molar-refractivity contribution < 1.29 is 4.52 Å². The van der Waals surface area contributed by atoms with Crippen LogP contribution < -0.4 is 5.32 Å². The molecule has 0 saturated heterocycles. The summed E-state index contributed by atoms with van der Waals surface area (Å²) in [5.74, 6) is 1.84. The SMILES string of the molecule is Cc1noc(CSc2nnc(Nc3ccccc3)s2)n1. The van der Waals surface area contributed by atoms with E-state index in [1.165, 1.54) is 23.1 Å². The molecule has 0 aliphatic heterocycles. The highest BCUT2D eigenvalue weighted by molar-refractivity contribution is 8.00. The molecule has 0 aliphatic carbocycles. The fraction of sp³-hybridized carbons (Fsp3) is 0.167. The first kappa shape index (κ1) is 13.1. The van der Waals surface area contributed by atoms with Gasteiger partial charge in [-0.2, -0.15) is 4.98 Å². The van der Waals surface area contributed by atoms with Crippen LogP contribution in [0, 0.1) is 6.92 Å². The molecule has 2 heterocycles. The summed E-state index contributed by atoms with van der Waals surface area (Å²) < 4.78 is 5.91. The Morgan fingerprint density at radius 3 is 2.85 bits per heavy atom. The van der Waals surface area contributed by atoms with Crippen molar-refractivity contribution in [2.24, 2.45) is 0 Å². The van der Waals surface area contributed by atoms with Crippen molar-refractivity contribution in [3.8, 4) is 0 Å². The zero-order chi connectivity index (χ0) is 13.8. The van der Waals surface area contributed by atoms with Gasteiger partial charge in [0, 0.05) is 5.69 Å². The van der Waals surface area contributed by atoms with Gasteiger partial charge in [-0.1, -0.05) is 46.5 Å². The van der Waals surface area contributed by atoms with E-state index in [4.69, 9.17) is 4.52 Å². The van der Waals surface area contributed by atoms with E-state index in [2.05, 4.69) is 25.7 Å². The molecule has 102 valence electrons. The number of rotatable bonds is 5. The smallest absolute Gasteiger partial charge is 0.237 e. The second-order valence-electron chi connectivity index (χ2n) is 3.89. The summed E-state index contributed by atoms with van der Waals surface area (Å²) in [4.78, 5) is 4.14. The van der Waals surface area contributed by atoms with E-state index in [1.807, 2.05) is 30.3 Å². The molecule has 1 N–H and O–H groups in total. The predicted molar refractivity (Wildman–Crippen MR) is 78.2 cm³/mol. The lowest BCUT2D eigenvalue weighted by molar-refractivity contribution is 0.387. The minimum Gasteiger partial charge on any atom is -0.338 e. The van der Waals surface area contributed by atoms with E-state index in [-0.39, 0.29) is 0 Å². The first-order chi connectivity index (χ1) is 9.79. The minimum atomic E-state index is 0.597. The Bertz CT molecular complexity index is 682. The second-order valence-corrected chi connectivity index (χ2v) is 6.09. The quantitative estimate of drug-likeness (QED) is 0.725. The highest BCUT2D eigenvalue weighted by Gasteiger charge is 2.08. The zero-order valence-electron chi connectivity index (χ0n) is 10.6. The lowest BCUT2D eigenvalue weighted by Crippen LogP contribution is -1.87. The summed E-state index contributed by atoms with van der Waals surface area (Å²) in [5.41, 5.74) is 0.993. The largest absolute Gasteiger partial charge is 0.338 e. The zero-order valence-corrected chi connectivity index (χ0v) is 12.2. The molecule has 0 amide bonds. The van der Waals surface area contributed by atoms with Crippen molar-refractivity contribution in [3.05, 3.63) is 42.0 Å². The van der Waals surface area contributed by atoms with Gasteiger partial charge in [0.25, 0.3) is 0 Å². The molecule has 0 aliphatic rings. The number of para-hydroxylation sites is 1. The lowest BCUT2D eigenvalue weighted by atomic mass is 10.3. The van der Waals surface area contributed by atoms with Crippen LogP contribution in [-0.4, -0.2) is 20.3 Å². The van der Waals surface area contributed by atoms with Gasteiger partial charge in [-0.05, 0) is 19.1 Å². The Morgan fingerprint density at radius 2 is 2.10 bits per heavy atom. The maximum absolute atomic E-state index is 5.05. The first-order valence-electron chi connectivity index (χ1n) is 5.87. The van der Waals surface area contributed by atoms with Crippen LogP contribution >= 0.6 is 23.1 Å². The summed E-state index contributed by atoms with van der Waals surface area (Å²) in [6.07, 6.45) is 0. The highest BCUT2D eigenvalue weighted by Crippen LogP contribution is 2.29. The van der Waals surface area contributed by atoms with Crippen LogP contribution in [0.4, 0.5) is 10.8 Å². The number of thioether (sulfide) groups is 1. The Balaban J connectivity index is 1.59. The van der Waals surface area contributed by atoms with E-state index < -0.39 is 0 Å². The van der Waals surface area contributed by atoms with Crippen LogP contribution in [0.25, 0.3) is 0 Å². The normalized spacial score (nSPS) is 10.7. The number of anilines is 2. The van der Waals surface area contributed by atoms with Crippen LogP contribution in [0.15, 0.2) is 39.2 Å². The third kappa shape index (κ3) is 3.34. The monoisotopic (exact) mass is 305 g/mol. The molecule has 6 nitrogen and oxygen atoms in total. The number of hydrogen-bond donors (Lipinski definition) is 1. The Labute approximate surface area is 123 Å². The van der Waals surface area contributed by atoms with Crippen LogP contribution in [0.1, 0.15) is 11.7 Å². The molecule has 3 rings (SSSR count). The second kappa shape index (κ2) is 6.02. The van der Waals surface area contributed by atoms with Crippen molar-refractivity contribution in [1.29, 1.82) is 0 Å². The van der Waals surface area contributed by atoms with Gasteiger partial charge in [-0.15, -0.1) is 10.2 Å². The van der Waals surface area contributed by atoms with E-state index in [0.29, 0.717) is 17.5 Å². The fourth-order valence-electron chi connectivity index (χ4n) is 1.49. The molecular weight excluding hydrogens is 294 g/mol. The number of nitrogens with one attached hydrogen (secondary N) is 1. The minimum absolute atomic E-state index is 0.597. The first-order valence-corrected chi connectivity index (χ1v) is 7.67. The molecule has 1 aromatic carbocycles. The van der Waals surface area contributed by atoms with Crippen molar-refractivity contribution in [2.45, 2.75) is 17.0 Å². The molecule has 0 atom stereocenters. The van der Waals surface area contributed by atoms with Gasteiger partial charge in [-0.25, -0.2) is 0 Å². The third-order valence-corrected chi connectivity index (χ3v) is 4.28. The van der Waals surface area contributed by atoms with Crippen molar-refractivity contribution in [1.82, 2.24) is 20.3 Å². The van der Waals surface area contributed by atoms with Crippen LogP contribution in [0.3, 0.4) is 0 Å². The van der Waals surface area contributed by atoms with E-state index >= 15 is 0 Å². The molecule has 0 unspecified atom stereocenters. The fourth-order valence-corrected chi connectivity index (χ4v) is 3.10. The van der Waals surface area contributed by atoms with E-state index in [1.54, 1.807) is 6.92 Å². The maximum atomic E-state index is 5.05. The standard InChI is InChI=1S/C12H11N5OS2/c1-8-13-10(18-17-8)7-19-12-16-15-11(20-12)14-9-5-3-2-4-6-9/h2-6H,7H2,1H3,(H,14,15). The molecule has 0 spiro atoms. The van der Waals surface area contributed by atoms with Crippen molar-refractivity contribution >= 4 is 33.9 Å². The van der Waals surface area contributed by atoms with Gasteiger partial charge in [0.1, 0.15) is 0 Å². The molecule has 0 radical (unpaired) electrons. The van der Waals surface area contributed by atoms with Gasteiger partial charge in [-0.3, -0.25) is 0 Å². The van der Waals surface area contributed by atoms with Crippen molar-refractivity contribution in [2.75, 3.05) is 5.32 Å². The number of nitrogens with zero attached hydrogens (tertiary/aromatic N) is 4. The van der Waals surface area contributed by atoms with Crippen LogP contribution in [-0.2, 0) is 5.75 Å². The molecule has 0 bridgehead atoms. The van der Waals surface area contributed by atoms with Crippen LogP contribution in [0.2, 0.25) is 0 Å². The van der Waals surface area contributed by atoms with Gasteiger partial charge in [0.2, 0.25) is 11.0 Å². The van der Waals surface area contributed by atoms with Gasteiger partial charge in [0.15, 0.2) is 10.2 Å². The number of benzene rings is 1. The molecule has 0 saturated carbocycles. The molecule has 8 heteroatoms. The molecule has 20 heavy (non-hydrogen) atoms. The third-order valence-electron chi connectivity index (χ3n) is 2.32. The van der Waals surface area contributed by atoms with E-state index in [9.17, 15) is 0 Å². The summed E-state index contributed by atoms with van der Waals surface area (Å²) in [5, 5.41) is 15.9. The Morgan fingerprint density at radius 1 is 1.25 bits per heavy atom. The number of aryl methyl sites for hydroxylation is 1. The lowest BCUT2D eigenvalue weighted by Gasteiger charge is -1.99. The summed E-state index contributed by atoms with van der Waals surface area (Å²) in [6, 6.07) is 9.87. The average Bonchev–Trinajstić information content (AvgIpc) is 3.07. The average molecular weight is 305 g/mol. The highest BCUT2D eigenvalue weighted by atomic mass is 32.2. The molecule has 2 aromatic heterocycles. The van der Waals surface area contributed by atoms with Gasteiger partial charge < -0.3 is 9.84 Å². The molecular formula is C12H11N5OS2.